The first kappa shape index (κ1) is 9.99. The monoisotopic (exact) mass is 255 g/mol. The third-order valence-corrected chi connectivity index (χ3v) is 3.60. The Labute approximate surface area is 92.3 Å². The zero-order valence-electron chi connectivity index (χ0n) is 8.39. The summed E-state index contributed by atoms with van der Waals surface area (Å²) in [7, 11) is 0. The van der Waals surface area contributed by atoms with Crippen LogP contribution in [0.25, 0.3) is 0 Å². The molecule has 3 heteroatoms. The molecule has 1 saturated carbocycles. The zero-order chi connectivity index (χ0) is 10.5. The molecule has 0 amide bonds. The van der Waals surface area contributed by atoms with E-state index in [0.717, 1.165) is 34.0 Å². The van der Waals surface area contributed by atoms with Gasteiger partial charge in [0.25, 0.3) is 0 Å². The minimum atomic E-state index is -0.200. The van der Waals surface area contributed by atoms with Gasteiger partial charge in [-0.3, -0.25) is 0 Å². The molecule has 0 spiro atoms. The van der Waals surface area contributed by atoms with E-state index in [2.05, 4.69) is 15.9 Å². The number of benzene rings is 1. The number of halogens is 1. The van der Waals surface area contributed by atoms with Crippen molar-refractivity contribution in [2.45, 2.75) is 32.2 Å². The Morgan fingerprint density at radius 3 is 2.50 bits per heavy atom. The highest BCUT2D eigenvalue weighted by Gasteiger charge is 2.43. The summed E-state index contributed by atoms with van der Waals surface area (Å²) in [5.41, 5.74) is 8.82. The van der Waals surface area contributed by atoms with Crippen LogP contribution in [0.1, 0.15) is 29.5 Å². The highest BCUT2D eigenvalue weighted by Crippen LogP contribution is 2.49. The maximum Gasteiger partial charge on any atom is 0.121 e. The van der Waals surface area contributed by atoms with Crippen LogP contribution >= 0.6 is 15.9 Å². The number of phenols is 1. The Morgan fingerprint density at radius 2 is 2.00 bits per heavy atom. The second-order valence-corrected chi connectivity index (χ2v) is 5.03. The van der Waals surface area contributed by atoms with Gasteiger partial charge in [0.05, 0.1) is 0 Å². The van der Waals surface area contributed by atoms with Gasteiger partial charge in [-0.2, -0.15) is 0 Å². The van der Waals surface area contributed by atoms with E-state index < -0.39 is 0 Å². The highest BCUT2D eigenvalue weighted by molar-refractivity contribution is 9.10. The SMILES string of the molecule is Cc1cc(Br)c(C2(N)CC2)c(C)c1O. The summed E-state index contributed by atoms with van der Waals surface area (Å²) < 4.78 is 1.02. The maximum atomic E-state index is 9.83. The van der Waals surface area contributed by atoms with Gasteiger partial charge in [-0.05, 0) is 49.4 Å². The Morgan fingerprint density at radius 1 is 1.43 bits per heavy atom. The van der Waals surface area contributed by atoms with Gasteiger partial charge in [0, 0.05) is 10.0 Å². The minimum Gasteiger partial charge on any atom is -0.507 e. The largest absolute Gasteiger partial charge is 0.507 e. The van der Waals surface area contributed by atoms with Crippen LogP contribution in [-0.2, 0) is 5.54 Å². The summed E-state index contributed by atoms with van der Waals surface area (Å²) in [6.45, 7) is 3.82. The predicted octanol–water partition coefficient (Wildman–Crippen LogP) is 2.72. The number of nitrogens with two attached hydrogens (primary N) is 1. The number of aryl methyl sites for hydroxylation is 1. The van der Waals surface area contributed by atoms with Crippen LogP contribution < -0.4 is 5.73 Å². The Kier molecular flexibility index (Phi) is 2.12. The van der Waals surface area contributed by atoms with E-state index in [9.17, 15) is 5.11 Å². The van der Waals surface area contributed by atoms with E-state index in [0.29, 0.717) is 5.75 Å². The summed E-state index contributed by atoms with van der Waals surface area (Å²) in [4.78, 5) is 0. The van der Waals surface area contributed by atoms with Crippen molar-refractivity contribution >= 4 is 15.9 Å². The van der Waals surface area contributed by atoms with E-state index in [1.165, 1.54) is 0 Å². The lowest BCUT2D eigenvalue weighted by Gasteiger charge is -2.17. The molecular formula is C11H14BrNO. The van der Waals surface area contributed by atoms with Crippen LogP contribution in [0.15, 0.2) is 10.5 Å². The molecule has 1 aromatic carbocycles. The summed E-state index contributed by atoms with van der Waals surface area (Å²) in [5, 5.41) is 9.83. The summed E-state index contributed by atoms with van der Waals surface area (Å²) in [6.07, 6.45) is 2.02. The zero-order valence-corrected chi connectivity index (χ0v) is 9.98. The van der Waals surface area contributed by atoms with Gasteiger partial charge in [0.2, 0.25) is 0 Å². The number of hydrogen-bond donors (Lipinski definition) is 2. The molecule has 0 atom stereocenters. The van der Waals surface area contributed by atoms with Crippen molar-refractivity contribution < 1.29 is 5.11 Å². The summed E-state index contributed by atoms with van der Waals surface area (Å²) in [5.74, 6) is 0.375. The molecule has 1 aliphatic rings. The van der Waals surface area contributed by atoms with Gasteiger partial charge in [-0.25, -0.2) is 0 Å². The van der Waals surface area contributed by atoms with Crippen molar-refractivity contribution in [3.63, 3.8) is 0 Å². The summed E-state index contributed by atoms with van der Waals surface area (Å²) in [6, 6.07) is 1.94. The van der Waals surface area contributed by atoms with Crippen LogP contribution in [0.2, 0.25) is 0 Å². The standard InChI is InChI=1S/C11H14BrNO/c1-6-5-8(12)9(7(2)10(6)14)11(13)3-4-11/h5,14H,3-4,13H2,1-2H3. The normalized spacial score (nSPS) is 18.3. The third-order valence-electron chi connectivity index (χ3n) is 2.97. The molecule has 0 saturated heterocycles. The minimum absolute atomic E-state index is 0.200. The second-order valence-electron chi connectivity index (χ2n) is 4.18. The molecule has 0 unspecified atom stereocenters. The van der Waals surface area contributed by atoms with E-state index in [-0.39, 0.29) is 5.54 Å². The molecule has 1 aliphatic carbocycles. The van der Waals surface area contributed by atoms with Gasteiger partial charge in [0.1, 0.15) is 5.75 Å². The van der Waals surface area contributed by atoms with Crippen molar-refractivity contribution in [3.8, 4) is 5.75 Å². The molecule has 76 valence electrons. The smallest absolute Gasteiger partial charge is 0.121 e. The van der Waals surface area contributed by atoms with Crippen molar-refractivity contribution in [3.05, 3.63) is 27.2 Å². The number of aromatic hydroxyl groups is 1. The van der Waals surface area contributed by atoms with Crippen molar-refractivity contribution in [1.82, 2.24) is 0 Å². The number of rotatable bonds is 1. The van der Waals surface area contributed by atoms with Crippen LogP contribution in [0.4, 0.5) is 0 Å². The molecular weight excluding hydrogens is 242 g/mol. The molecule has 2 nitrogen and oxygen atoms in total. The first-order valence-electron chi connectivity index (χ1n) is 4.74. The lowest BCUT2D eigenvalue weighted by Crippen LogP contribution is -2.20. The molecule has 0 radical (unpaired) electrons. The van der Waals surface area contributed by atoms with Crippen LogP contribution in [0, 0.1) is 13.8 Å². The van der Waals surface area contributed by atoms with E-state index in [1.54, 1.807) is 0 Å². The van der Waals surface area contributed by atoms with Crippen molar-refractivity contribution in [2.24, 2.45) is 5.73 Å². The lowest BCUT2D eigenvalue weighted by atomic mass is 9.97. The van der Waals surface area contributed by atoms with Gasteiger partial charge < -0.3 is 10.8 Å². The second kappa shape index (κ2) is 2.97. The Hall–Kier alpha value is -0.540. The van der Waals surface area contributed by atoms with Crippen LogP contribution in [-0.4, -0.2) is 5.11 Å². The molecule has 0 bridgehead atoms. The van der Waals surface area contributed by atoms with Crippen LogP contribution in [0.5, 0.6) is 5.75 Å². The van der Waals surface area contributed by atoms with Gasteiger partial charge in [-0.1, -0.05) is 15.9 Å². The molecule has 3 N–H and O–H groups in total. The summed E-state index contributed by atoms with van der Waals surface area (Å²) >= 11 is 3.52. The molecule has 0 heterocycles. The molecule has 0 aromatic heterocycles. The average molecular weight is 256 g/mol. The van der Waals surface area contributed by atoms with E-state index in [1.807, 2.05) is 19.9 Å². The number of hydrogen-bond acceptors (Lipinski definition) is 2. The van der Waals surface area contributed by atoms with Crippen molar-refractivity contribution in [2.75, 3.05) is 0 Å². The van der Waals surface area contributed by atoms with Gasteiger partial charge in [-0.15, -0.1) is 0 Å². The predicted molar refractivity (Wildman–Crippen MR) is 60.4 cm³/mol. The Balaban J connectivity index is 2.65. The highest BCUT2D eigenvalue weighted by atomic mass is 79.9. The van der Waals surface area contributed by atoms with Crippen LogP contribution in [0.3, 0.4) is 0 Å². The molecule has 0 aliphatic heterocycles. The quantitative estimate of drug-likeness (QED) is 0.811. The fraction of sp³-hybridized carbons (Fsp3) is 0.455. The van der Waals surface area contributed by atoms with Gasteiger partial charge in [0.15, 0.2) is 0 Å². The third kappa shape index (κ3) is 1.35. The first-order chi connectivity index (χ1) is 6.46. The van der Waals surface area contributed by atoms with E-state index >= 15 is 0 Å². The fourth-order valence-electron chi connectivity index (χ4n) is 1.92. The molecule has 1 aromatic rings. The Bertz CT molecular complexity index is 397. The molecule has 14 heavy (non-hydrogen) atoms. The molecule has 2 rings (SSSR count). The number of phenolic OH excluding ortho intramolecular Hbond substituents is 1. The maximum absolute atomic E-state index is 9.83. The fourth-order valence-corrected chi connectivity index (χ4v) is 2.96. The van der Waals surface area contributed by atoms with Crippen molar-refractivity contribution in [1.29, 1.82) is 0 Å². The topological polar surface area (TPSA) is 46.2 Å². The lowest BCUT2D eigenvalue weighted by molar-refractivity contribution is 0.464. The average Bonchev–Trinajstić information content (AvgIpc) is 2.80. The van der Waals surface area contributed by atoms with E-state index in [4.69, 9.17) is 5.73 Å². The molecule has 1 fully saturated rings. The first-order valence-corrected chi connectivity index (χ1v) is 5.53. The van der Waals surface area contributed by atoms with Gasteiger partial charge >= 0.3 is 0 Å².